The van der Waals surface area contributed by atoms with E-state index < -0.39 is 10.0 Å². The second-order valence-corrected chi connectivity index (χ2v) is 10.0. The Labute approximate surface area is 199 Å². The first-order chi connectivity index (χ1) is 16.3. The average molecular weight is 485 g/mol. The fourth-order valence-electron chi connectivity index (χ4n) is 3.90. The van der Waals surface area contributed by atoms with Crippen molar-refractivity contribution in [2.45, 2.75) is 25.3 Å². The maximum absolute atomic E-state index is 13.2. The molecule has 0 radical (unpaired) electrons. The number of rotatable bonds is 7. The van der Waals surface area contributed by atoms with Crippen molar-refractivity contribution >= 4 is 21.6 Å². The number of aromatic nitrogens is 2. The van der Waals surface area contributed by atoms with Gasteiger partial charge in [-0.15, -0.1) is 0 Å². The van der Waals surface area contributed by atoms with Gasteiger partial charge < -0.3 is 14.8 Å². The van der Waals surface area contributed by atoms with Crippen molar-refractivity contribution in [2.75, 3.05) is 38.7 Å². The van der Waals surface area contributed by atoms with Gasteiger partial charge in [0.2, 0.25) is 10.0 Å². The Morgan fingerprint density at radius 1 is 1.12 bits per heavy atom. The van der Waals surface area contributed by atoms with Crippen LogP contribution in [0.5, 0.6) is 5.75 Å². The number of hydrogen-bond acceptors (Lipinski definition) is 6. The summed E-state index contributed by atoms with van der Waals surface area (Å²) in [6.45, 7) is 5.69. The first-order valence-electron chi connectivity index (χ1n) is 11.0. The highest BCUT2D eigenvalue weighted by molar-refractivity contribution is 7.89. The third kappa shape index (κ3) is 5.14. The summed E-state index contributed by atoms with van der Waals surface area (Å²) in [6.07, 6.45) is 0. The normalized spacial score (nSPS) is 14.7. The van der Waals surface area contributed by atoms with Gasteiger partial charge in [-0.05, 0) is 55.8 Å². The van der Waals surface area contributed by atoms with Gasteiger partial charge in [-0.1, -0.05) is 12.1 Å². The van der Waals surface area contributed by atoms with E-state index in [1.165, 1.54) is 17.5 Å². The van der Waals surface area contributed by atoms with Crippen LogP contribution in [0.3, 0.4) is 0 Å². The molecule has 34 heavy (non-hydrogen) atoms. The minimum Gasteiger partial charge on any atom is -0.495 e. The Bertz CT molecular complexity index is 1300. The summed E-state index contributed by atoms with van der Waals surface area (Å²) in [7, 11) is -2.39. The molecule has 1 amide bonds. The molecule has 0 atom stereocenters. The lowest BCUT2D eigenvalue weighted by atomic mass is 10.1. The average Bonchev–Trinajstić information content (AvgIpc) is 3.16. The number of morpholine rings is 1. The fraction of sp³-hybridized carbons (Fsp3) is 0.333. The molecule has 1 N–H and O–H groups in total. The molecule has 1 aliphatic heterocycles. The van der Waals surface area contributed by atoms with Crippen molar-refractivity contribution in [3.8, 4) is 5.75 Å². The fourth-order valence-corrected chi connectivity index (χ4v) is 5.49. The van der Waals surface area contributed by atoms with Crippen LogP contribution in [0.25, 0.3) is 0 Å². The van der Waals surface area contributed by atoms with Crippen molar-refractivity contribution in [3.05, 3.63) is 71.0 Å². The summed E-state index contributed by atoms with van der Waals surface area (Å²) in [5, 5.41) is 7.28. The molecule has 0 unspecified atom stereocenters. The van der Waals surface area contributed by atoms with Gasteiger partial charge in [-0.3, -0.25) is 9.48 Å². The van der Waals surface area contributed by atoms with Crippen molar-refractivity contribution < 1.29 is 22.7 Å². The molecule has 0 spiro atoms. The molecule has 3 aromatic rings. The summed E-state index contributed by atoms with van der Waals surface area (Å²) in [4.78, 5) is 13.0. The highest BCUT2D eigenvalue weighted by Crippen LogP contribution is 2.30. The van der Waals surface area contributed by atoms with Crippen LogP contribution in [0.1, 0.15) is 27.3 Å². The van der Waals surface area contributed by atoms with Crippen LogP contribution in [0, 0.1) is 13.8 Å². The van der Waals surface area contributed by atoms with Crippen LogP contribution in [0.15, 0.2) is 53.4 Å². The molecule has 0 aliphatic carbocycles. The Kier molecular flexibility index (Phi) is 7.01. The number of anilines is 1. The number of nitrogens with one attached hydrogen (secondary N) is 1. The lowest BCUT2D eigenvalue weighted by molar-refractivity contribution is 0.0729. The maximum atomic E-state index is 13.2. The van der Waals surface area contributed by atoms with E-state index in [0.29, 0.717) is 31.0 Å². The van der Waals surface area contributed by atoms with Crippen molar-refractivity contribution in [2.24, 2.45) is 0 Å². The number of sulfonamides is 1. The molecule has 1 fully saturated rings. The molecule has 0 saturated carbocycles. The summed E-state index contributed by atoms with van der Waals surface area (Å²) in [5.41, 5.74) is 3.74. The smallest absolute Gasteiger partial charge is 0.255 e. The zero-order valence-electron chi connectivity index (χ0n) is 19.4. The van der Waals surface area contributed by atoms with E-state index in [0.717, 1.165) is 17.0 Å². The Hall–Kier alpha value is -3.21. The molecule has 2 heterocycles. The van der Waals surface area contributed by atoms with Crippen LogP contribution in [-0.2, 0) is 21.3 Å². The van der Waals surface area contributed by atoms with Crippen molar-refractivity contribution in [3.63, 3.8) is 0 Å². The zero-order chi connectivity index (χ0) is 24.3. The SMILES string of the molecule is COc1ccc(NC(=O)c2cccc(Cn3nc(C)cc3C)c2)cc1S(=O)(=O)N1CCOCC1. The molecule has 1 aromatic heterocycles. The number of methoxy groups -OCH3 is 1. The molecule has 2 aromatic carbocycles. The van der Waals surface area contributed by atoms with Gasteiger partial charge in [-0.2, -0.15) is 9.40 Å². The number of carbonyl (C=O) groups excluding carboxylic acids is 1. The molecule has 1 saturated heterocycles. The third-order valence-electron chi connectivity index (χ3n) is 5.63. The Morgan fingerprint density at radius 3 is 2.56 bits per heavy atom. The van der Waals surface area contributed by atoms with Gasteiger partial charge in [-0.25, -0.2) is 8.42 Å². The van der Waals surface area contributed by atoms with Crippen LogP contribution in [-0.4, -0.2) is 61.8 Å². The first-order valence-corrected chi connectivity index (χ1v) is 12.4. The summed E-state index contributed by atoms with van der Waals surface area (Å²) >= 11 is 0. The molecule has 10 heteroatoms. The maximum Gasteiger partial charge on any atom is 0.255 e. The monoisotopic (exact) mass is 484 g/mol. The predicted octanol–water partition coefficient (Wildman–Crippen LogP) is 2.83. The Balaban J connectivity index is 1.55. The van der Waals surface area contributed by atoms with Crippen LogP contribution < -0.4 is 10.1 Å². The van der Waals surface area contributed by atoms with E-state index in [2.05, 4.69) is 10.4 Å². The number of nitrogens with zero attached hydrogens (tertiary/aromatic N) is 3. The number of carbonyl (C=O) groups is 1. The van der Waals surface area contributed by atoms with Gasteiger partial charge >= 0.3 is 0 Å². The highest BCUT2D eigenvalue weighted by Gasteiger charge is 2.29. The highest BCUT2D eigenvalue weighted by atomic mass is 32.2. The number of hydrogen-bond donors (Lipinski definition) is 1. The number of ether oxygens (including phenoxy) is 2. The standard InChI is InChI=1S/C24H28N4O5S/c1-17-13-18(2)28(26-17)16-19-5-4-6-20(14-19)24(29)25-21-7-8-22(32-3)23(15-21)34(30,31)27-9-11-33-12-10-27/h4-8,13-15H,9-12,16H2,1-3H3,(H,25,29). The van der Waals surface area contributed by atoms with Crippen molar-refractivity contribution in [1.82, 2.24) is 14.1 Å². The van der Waals surface area contributed by atoms with Gasteiger partial charge in [0.1, 0.15) is 10.6 Å². The van der Waals surface area contributed by atoms with Crippen molar-refractivity contribution in [1.29, 1.82) is 0 Å². The van der Waals surface area contributed by atoms with E-state index in [4.69, 9.17) is 9.47 Å². The lowest BCUT2D eigenvalue weighted by Crippen LogP contribution is -2.40. The van der Waals surface area contributed by atoms with E-state index in [1.54, 1.807) is 24.3 Å². The summed E-state index contributed by atoms with van der Waals surface area (Å²) in [6, 6.07) is 13.9. The molecular formula is C24H28N4O5S. The quantitative estimate of drug-likeness (QED) is 0.553. The zero-order valence-corrected chi connectivity index (χ0v) is 20.3. The predicted molar refractivity (Wildman–Crippen MR) is 128 cm³/mol. The van der Waals surface area contributed by atoms with Gasteiger partial charge in [0, 0.05) is 30.0 Å². The summed E-state index contributed by atoms with van der Waals surface area (Å²) in [5.74, 6) is -0.119. The third-order valence-corrected chi connectivity index (χ3v) is 7.55. The van der Waals surface area contributed by atoms with E-state index in [-0.39, 0.29) is 29.6 Å². The van der Waals surface area contributed by atoms with Gasteiger partial charge in [0.05, 0.1) is 32.6 Å². The molecule has 9 nitrogen and oxygen atoms in total. The van der Waals surface area contributed by atoms with E-state index in [9.17, 15) is 13.2 Å². The van der Waals surface area contributed by atoms with E-state index >= 15 is 0 Å². The summed E-state index contributed by atoms with van der Waals surface area (Å²) < 4.78 is 40.2. The first kappa shape index (κ1) is 23.9. The lowest BCUT2D eigenvalue weighted by Gasteiger charge is -2.26. The van der Waals surface area contributed by atoms with Crippen LogP contribution >= 0.6 is 0 Å². The molecule has 1 aliphatic rings. The molecule has 180 valence electrons. The number of aryl methyl sites for hydroxylation is 2. The molecule has 4 rings (SSSR count). The minimum atomic E-state index is -3.80. The molecule has 0 bridgehead atoms. The van der Waals surface area contributed by atoms with Crippen LogP contribution in [0.2, 0.25) is 0 Å². The number of benzene rings is 2. The van der Waals surface area contributed by atoms with Gasteiger partial charge in [0.25, 0.3) is 5.91 Å². The van der Waals surface area contributed by atoms with Gasteiger partial charge in [0.15, 0.2) is 0 Å². The largest absolute Gasteiger partial charge is 0.495 e. The van der Waals surface area contributed by atoms with Crippen LogP contribution in [0.4, 0.5) is 5.69 Å². The second-order valence-electron chi connectivity index (χ2n) is 8.12. The topological polar surface area (TPSA) is 103 Å². The second kappa shape index (κ2) is 9.96. The Morgan fingerprint density at radius 2 is 1.88 bits per heavy atom. The van der Waals surface area contributed by atoms with E-state index in [1.807, 2.05) is 36.7 Å². The number of amides is 1. The minimum absolute atomic E-state index is 0.00739. The molecular weight excluding hydrogens is 456 g/mol.